The molecule has 22 heavy (non-hydrogen) atoms. The second-order valence-corrected chi connectivity index (χ2v) is 8.47. The lowest BCUT2D eigenvalue weighted by Gasteiger charge is -2.20. The van der Waals surface area contributed by atoms with E-state index in [4.69, 9.17) is 0 Å². The van der Waals surface area contributed by atoms with Crippen LogP contribution in [0.5, 0.6) is 0 Å². The standard InChI is InChI=1S/C21H25P/c1-16(2)6-11-19(5)22(20-12-7-17(3)8-13-20)21-14-9-18(4)10-15-21/h6-15H,1-5H3. The SMILES string of the molecule is CC(C)=CC=C(C)P(c1ccc(C)cc1)c1ccc(C)cc1. The number of rotatable bonds is 4. The predicted molar refractivity (Wildman–Crippen MR) is 102 cm³/mol. The monoisotopic (exact) mass is 308 g/mol. The summed E-state index contributed by atoms with van der Waals surface area (Å²) in [7, 11) is -0.451. The van der Waals surface area contributed by atoms with E-state index in [1.807, 2.05) is 0 Å². The van der Waals surface area contributed by atoms with Crippen molar-refractivity contribution in [2.75, 3.05) is 0 Å². The first-order valence-corrected chi connectivity index (χ1v) is 9.07. The van der Waals surface area contributed by atoms with Crippen LogP contribution in [0.1, 0.15) is 31.9 Å². The summed E-state index contributed by atoms with van der Waals surface area (Å²) < 4.78 is 0. The number of benzene rings is 2. The summed E-state index contributed by atoms with van der Waals surface area (Å²) in [5.74, 6) is 0. The van der Waals surface area contributed by atoms with Gasteiger partial charge in [-0.05, 0) is 58.5 Å². The summed E-state index contributed by atoms with van der Waals surface area (Å²) in [6.45, 7) is 10.8. The van der Waals surface area contributed by atoms with Crippen molar-refractivity contribution < 1.29 is 0 Å². The largest absolute Gasteiger partial charge is 0.0764 e. The molecule has 0 saturated carbocycles. The molecule has 2 aromatic rings. The van der Waals surface area contributed by atoms with Gasteiger partial charge in [0.1, 0.15) is 0 Å². The fourth-order valence-corrected chi connectivity index (χ4v) is 4.54. The maximum atomic E-state index is 2.28. The Balaban J connectivity index is 2.49. The average Bonchev–Trinajstić information content (AvgIpc) is 2.49. The van der Waals surface area contributed by atoms with Crippen LogP contribution in [0.25, 0.3) is 0 Å². The second-order valence-electron chi connectivity index (χ2n) is 6.06. The van der Waals surface area contributed by atoms with Crippen molar-refractivity contribution in [3.8, 4) is 0 Å². The lowest BCUT2D eigenvalue weighted by molar-refractivity contribution is 1.39. The molecule has 0 bridgehead atoms. The Kier molecular flexibility index (Phi) is 5.75. The average molecular weight is 308 g/mol. The van der Waals surface area contributed by atoms with Gasteiger partial charge in [0.2, 0.25) is 0 Å². The molecule has 0 radical (unpaired) electrons. The van der Waals surface area contributed by atoms with Gasteiger partial charge in [-0.1, -0.05) is 77.4 Å². The molecule has 0 amide bonds. The Hall–Kier alpha value is -1.65. The topological polar surface area (TPSA) is 0 Å². The highest BCUT2D eigenvalue weighted by Gasteiger charge is 2.15. The van der Waals surface area contributed by atoms with Crippen LogP contribution in [-0.2, 0) is 0 Å². The molecule has 0 aliphatic carbocycles. The summed E-state index contributed by atoms with van der Waals surface area (Å²) in [6.07, 6.45) is 4.49. The summed E-state index contributed by atoms with van der Waals surface area (Å²) >= 11 is 0. The molecule has 0 saturated heterocycles. The first kappa shape index (κ1) is 16.7. The van der Waals surface area contributed by atoms with Crippen molar-refractivity contribution in [2.24, 2.45) is 0 Å². The van der Waals surface area contributed by atoms with Crippen LogP contribution in [0.2, 0.25) is 0 Å². The minimum absolute atomic E-state index is 0.451. The van der Waals surface area contributed by atoms with E-state index < -0.39 is 7.92 Å². The van der Waals surface area contributed by atoms with Gasteiger partial charge in [-0.25, -0.2) is 0 Å². The van der Waals surface area contributed by atoms with Gasteiger partial charge in [-0.3, -0.25) is 0 Å². The smallest absolute Gasteiger partial charge is 0.0154 e. The van der Waals surface area contributed by atoms with Crippen LogP contribution in [0.4, 0.5) is 0 Å². The minimum atomic E-state index is -0.451. The number of hydrogen-bond donors (Lipinski definition) is 0. The Morgan fingerprint density at radius 1 is 0.682 bits per heavy atom. The van der Waals surface area contributed by atoms with E-state index in [1.54, 1.807) is 0 Å². The van der Waals surface area contributed by atoms with E-state index in [0.717, 1.165) is 0 Å². The normalized spacial score (nSPS) is 11.6. The fraction of sp³-hybridized carbons (Fsp3) is 0.238. The molecule has 0 aliphatic rings. The van der Waals surface area contributed by atoms with Crippen LogP contribution in [0, 0.1) is 13.8 Å². The van der Waals surface area contributed by atoms with Gasteiger partial charge in [-0.15, -0.1) is 0 Å². The van der Waals surface area contributed by atoms with E-state index in [9.17, 15) is 0 Å². The molecule has 0 aromatic heterocycles. The first-order valence-electron chi connectivity index (χ1n) is 7.72. The molecule has 0 unspecified atom stereocenters. The molecule has 0 N–H and O–H groups in total. The van der Waals surface area contributed by atoms with Gasteiger partial charge in [0.15, 0.2) is 0 Å². The van der Waals surface area contributed by atoms with Gasteiger partial charge < -0.3 is 0 Å². The Labute approximate surface area is 136 Å². The van der Waals surface area contributed by atoms with Crippen molar-refractivity contribution in [1.29, 1.82) is 0 Å². The molecular weight excluding hydrogens is 283 g/mol. The highest BCUT2D eigenvalue weighted by molar-refractivity contribution is 7.76. The summed E-state index contributed by atoms with van der Waals surface area (Å²) in [6, 6.07) is 18.0. The Morgan fingerprint density at radius 2 is 1.09 bits per heavy atom. The van der Waals surface area contributed by atoms with E-state index in [2.05, 4.69) is 95.3 Å². The molecule has 2 aromatic carbocycles. The fourth-order valence-electron chi connectivity index (χ4n) is 2.31. The molecule has 0 nitrogen and oxygen atoms in total. The van der Waals surface area contributed by atoms with Crippen molar-refractivity contribution >= 4 is 18.5 Å². The van der Waals surface area contributed by atoms with Gasteiger partial charge in [0, 0.05) is 0 Å². The van der Waals surface area contributed by atoms with Crippen molar-refractivity contribution in [1.82, 2.24) is 0 Å². The molecule has 0 spiro atoms. The molecule has 0 aliphatic heterocycles. The lowest BCUT2D eigenvalue weighted by Crippen LogP contribution is -2.12. The molecule has 1 heteroatoms. The molecule has 114 valence electrons. The zero-order chi connectivity index (χ0) is 16.1. The summed E-state index contributed by atoms with van der Waals surface area (Å²) in [4.78, 5) is 0. The van der Waals surface area contributed by atoms with Crippen LogP contribution < -0.4 is 10.6 Å². The van der Waals surface area contributed by atoms with Crippen molar-refractivity contribution in [3.05, 3.63) is 82.7 Å². The Morgan fingerprint density at radius 3 is 1.45 bits per heavy atom. The highest BCUT2D eigenvalue weighted by atomic mass is 31.1. The van der Waals surface area contributed by atoms with E-state index in [0.29, 0.717) is 0 Å². The van der Waals surface area contributed by atoms with Gasteiger partial charge in [0.05, 0.1) is 0 Å². The minimum Gasteiger partial charge on any atom is -0.0764 e. The summed E-state index contributed by atoms with van der Waals surface area (Å²) in [5.41, 5.74) is 3.96. The zero-order valence-corrected chi connectivity index (χ0v) is 15.1. The second kappa shape index (κ2) is 7.56. The van der Waals surface area contributed by atoms with Crippen molar-refractivity contribution in [3.63, 3.8) is 0 Å². The van der Waals surface area contributed by atoms with Crippen LogP contribution in [-0.4, -0.2) is 0 Å². The highest BCUT2D eigenvalue weighted by Crippen LogP contribution is 2.42. The van der Waals surface area contributed by atoms with E-state index in [1.165, 1.54) is 32.6 Å². The van der Waals surface area contributed by atoms with Crippen LogP contribution in [0.3, 0.4) is 0 Å². The maximum absolute atomic E-state index is 2.28. The van der Waals surface area contributed by atoms with Crippen LogP contribution in [0.15, 0.2) is 71.6 Å². The van der Waals surface area contributed by atoms with Gasteiger partial charge in [-0.2, -0.15) is 0 Å². The van der Waals surface area contributed by atoms with Crippen LogP contribution >= 0.6 is 7.92 Å². The molecule has 2 rings (SSSR count). The number of aryl methyl sites for hydroxylation is 2. The maximum Gasteiger partial charge on any atom is -0.0154 e. The number of hydrogen-bond acceptors (Lipinski definition) is 0. The van der Waals surface area contributed by atoms with E-state index in [-0.39, 0.29) is 0 Å². The third-order valence-corrected chi connectivity index (χ3v) is 6.08. The van der Waals surface area contributed by atoms with E-state index >= 15 is 0 Å². The van der Waals surface area contributed by atoms with Crippen molar-refractivity contribution in [2.45, 2.75) is 34.6 Å². The van der Waals surface area contributed by atoms with Gasteiger partial charge in [0.25, 0.3) is 0 Å². The lowest BCUT2D eigenvalue weighted by atomic mass is 10.2. The first-order chi connectivity index (χ1) is 10.5. The molecular formula is C21H25P. The quantitative estimate of drug-likeness (QED) is 0.509. The molecule has 0 atom stereocenters. The predicted octanol–water partition coefficient (Wildman–Crippen LogP) is 5.61. The Bertz CT molecular complexity index is 623. The summed E-state index contributed by atoms with van der Waals surface area (Å²) in [5, 5.41) is 4.27. The van der Waals surface area contributed by atoms with Gasteiger partial charge >= 0.3 is 0 Å². The molecule has 0 fully saturated rings. The number of allylic oxidation sites excluding steroid dienone is 4. The third kappa shape index (κ3) is 4.42. The zero-order valence-electron chi connectivity index (χ0n) is 14.2. The third-order valence-electron chi connectivity index (χ3n) is 3.59. The molecule has 0 heterocycles.